The lowest BCUT2D eigenvalue weighted by Crippen LogP contribution is -2.54. The first-order chi connectivity index (χ1) is 20.0. The topological polar surface area (TPSA) is 101 Å². The molecule has 4 heterocycles. The lowest BCUT2D eigenvalue weighted by atomic mass is 9.91. The Hall–Kier alpha value is -3.92. The zero-order valence-electron chi connectivity index (χ0n) is 24.7. The summed E-state index contributed by atoms with van der Waals surface area (Å²) in [6.45, 7) is 13.1. The van der Waals surface area contributed by atoms with Gasteiger partial charge in [0.2, 0.25) is 5.91 Å². The van der Waals surface area contributed by atoms with E-state index < -0.39 is 17.5 Å². The average molecular weight is 594 g/mol. The van der Waals surface area contributed by atoms with Gasteiger partial charge in [-0.25, -0.2) is 13.8 Å². The summed E-state index contributed by atoms with van der Waals surface area (Å²) in [5.41, 5.74) is 9.68. The van der Waals surface area contributed by atoms with Gasteiger partial charge in [-0.1, -0.05) is 32.0 Å². The van der Waals surface area contributed by atoms with Crippen molar-refractivity contribution in [3.63, 3.8) is 0 Å². The Bertz CT molecular complexity index is 1620. The molecule has 1 aromatic carbocycles. The lowest BCUT2D eigenvalue weighted by Gasteiger charge is -2.44. The van der Waals surface area contributed by atoms with Gasteiger partial charge in [-0.3, -0.25) is 9.78 Å². The van der Waals surface area contributed by atoms with Crippen LogP contribution in [0, 0.1) is 12.7 Å². The quantitative estimate of drug-likeness (QED) is 0.336. The van der Waals surface area contributed by atoms with Crippen molar-refractivity contribution in [2.45, 2.75) is 58.5 Å². The first-order valence-electron chi connectivity index (χ1n) is 14.2. The van der Waals surface area contributed by atoms with E-state index in [0.29, 0.717) is 61.0 Å². The highest BCUT2D eigenvalue weighted by Gasteiger charge is 2.37. The minimum Gasteiger partial charge on any atom is -0.398 e. The molecular formula is C31H37ClFN7O2. The molecule has 5 rings (SSSR count). The number of hydrogen-bond acceptors (Lipinski definition) is 7. The largest absolute Gasteiger partial charge is 0.398 e. The number of piperazine rings is 1. The van der Waals surface area contributed by atoms with Crippen LogP contribution in [0.2, 0.25) is 5.02 Å². The molecule has 0 aliphatic carbocycles. The molecule has 1 unspecified atom stereocenters. The van der Waals surface area contributed by atoms with Gasteiger partial charge in [0.15, 0.2) is 0 Å². The molecule has 42 heavy (non-hydrogen) atoms. The van der Waals surface area contributed by atoms with Crippen molar-refractivity contribution in [2.24, 2.45) is 0 Å². The van der Waals surface area contributed by atoms with Crippen molar-refractivity contribution in [2.75, 3.05) is 42.2 Å². The number of hydrogen-bond donors (Lipinski definition) is 1. The van der Waals surface area contributed by atoms with E-state index in [4.69, 9.17) is 17.3 Å². The smallest absolute Gasteiger partial charge is 0.355 e. The molecule has 9 nitrogen and oxygen atoms in total. The summed E-state index contributed by atoms with van der Waals surface area (Å²) >= 11 is 6.21. The fourth-order valence-corrected chi connectivity index (χ4v) is 6.50. The van der Waals surface area contributed by atoms with E-state index in [1.165, 1.54) is 12.1 Å². The molecule has 0 spiro atoms. The van der Waals surface area contributed by atoms with Gasteiger partial charge in [0.25, 0.3) is 0 Å². The Labute approximate surface area is 250 Å². The van der Waals surface area contributed by atoms with Crippen LogP contribution in [0.3, 0.4) is 0 Å². The first kappa shape index (κ1) is 29.6. The van der Waals surface area contributed by atoms with Crippen molar-refractivity contribution >= 4 is 34.8 Å². The first-order valence-corrected chi connectivity index (χ1v) is 14.6. The normalized spacial score (nSPS) is 18.8. The number of carbonyl (C=O) groups is 1. The summed E-state index contributed by atoms with van der Waals surface area (Å²) in [7, 11) is 1.85. The van der Waals surface area contributed by atoms with Gasteiger partial charge >= 0.3 is 5.69 Å². The van der Waals surface area contributed by atoms with Crippen LogP contribution in [0.1, 0.15) is 61.5 Å². The van der Waals surface area contributed by atoms with Crippen LogP contribution in [0.5, 0.6) is 0 Å². The molecule has 2 atom stereocenters. The van der Waals surface area contributed by atoms with E-state index in [9.17, 15) is 9.59 Å². The predicted octanol–water partition coefficient (Wildman–Crippen LogP) is 4.78. The number of carbonyl (C=O) groups excluding carboxylic acids is 1. The maximum absolute atomic E-state index is 15.5. The zero-order valence-corrected chi connectivity index (χ0v) is 25.5. The summed E-state index contributed by atoms with van der Waals surface area (Å²) in [4.78, 5) is 41.6. The Kier molecular flexibility index (Phi) is 8.02. The number of aryl methyl sites for hydroxylation is 1. The average Bonchev–Trinajstić information content (AvgIpc) is 2.96. The van der Waals surface area contributed by atoms with Gasteiger partial charge in [-0.05, 0) is 62.4 Å². The molecule has 3 aromatic rings. The number of nitrogens with two attached hydrogens (primary N) is 1. The fourth-order valence-electron chi connectivity index (χ4n) is 6.33. The molecule has 2 aliphatic heterocycles. The number of benzene rings is 1. The van der Waals surface area contributed by atoms with Gasteiger partial charge in [-0.15, -0.1) is 0 Å². The van der Waals surface area contributed by atoms with Crippen molar-refractivity contribution in [1.29, 1.82) is 0 Å². The van der Waals surface area contributed by atoms with Gasteiger partial charge in [0.1, 0.15) is 17.5 Å². The number of pyridine rings is 1. The molecular weight excluding hydrogens is 557 g/mol. The van der Waals surface area contributed by atoms with E-state index in [0.717, 1.165) is 16.8 Å². The molecule has 1 fully saturated rings. The maximum Gasteiger partial charge on any atom is 0.355 e. The van der Waals surface area contributed by atoms with Gasteiger partial charge in [0, 0.05) is 55.7 Å². The number of aromatic nitrogens is 3. The number of rotatable bonds is 5. The van der Waals surface area contributed by atoms with Gasteiger partial charge < -0.3 is 20.4 Å². The second-order valence-electron chi connectivity index (χ2n) is 11.4. The highest BCUT2D eigenvalue weighted by Crippen LogP contribution is 2.45. The summed E-state index contributed by atoms with van der Waals surface area (Å²) < 4.78 is 17.1. The number of halogens is 2. The van der Waals surface area contributed by atoms with Crippen LogP contribution in [0.15, 0.2) is 41.8 Å². The number of amides is 1. The zero-order chi connectivity index (χ0) is 30.5. The third-order valence-electron chi connectivity index (χ3n) is 8.42. The lowest BCUT2D eigenvalue weighted by molar-refractivity contribution is -0.126. The standard InChI is InChI=1S/C31H37ClFN7O2/c1-7-24(41)38-14-15-39(19(5)16-38)29-20-8-11-23(25-22(34)10-9-21(32)26(25)33)37(6)30(20)40(31(42)36-29)28-18(4)12-13-35-27(28)17(2)3/h7,9-10,12-13,17,19,23H,1,8,11,14-16,34H2,2-6H3/t19-,23?/m0/s1. The Morgan fingerprint density at radius 1 is 1.26 bits per heavy atom. The minimum atomic E-state index is -0.558. The molecule has 11 heteroatoms. The second-order valence-corrected chi connectivity index (χ2v) is 11.8. The maximum atomic E-state index is 15.5. The number of fused-ring (bicyclic) bond motifs is 1. The predicted molar refractivity (Wildman–Crippen MR) is 165 cm³/mol. The monoisotopic (exact) mass is 593 g/mol. The van der Waals surface area contributed by atoms with Crippen molar-refractivity contribution in [1.82, 2.24) is 19.4 Å². The summed E-state index contributed by atoms with van der Waals surface area (Å²) in [5.74, 6) is 0.557. The third kappa shape index (κ3) is 4.91. The molecule has 0 saturated carbocycles. The molecule has 222 valence electrons. The van der Waals surface area contributed by atoms with E-state index >= 15 is 4.39 Å². The minimum absolute atomic E-state index is 0.00262. The fraction of sp³-hybridized carbons (Fsp3) is 0.419. The van der Waals surface area contributed by atoms with Crippen LogP contribution in [0.25, 0.3) is 5.69 Å². The molecule has 1 amide bonds. The SMILES string of the molecule is C=CC(=O)N1CCN(c2nc(=O)n(-c3c(C)ccnc3C(C)C)c3c2CCC(c2c(N)ccc(Cl)c2F)N3C)[C@@H](C)C1. The van der Waals surface area contributed by atoms with Gasteiger partial charge in [-0.2, -0.15) is 4.98 Å². The number of anilines is 3. The number of nitrogen functional groups attached to an aromatic ring is 1. The summed E-state index contributed by atoms with van der Waals surface area (Å²) in [6, 6.07) is 4.38. The Morgan fingerprint density at radius 3 is 2.67 bits per heavy atom. The van der Waals surface area contributed by atoms with E-state index in [1.54, 1.807) is 21.7 Å². The van der Waals surface area contributed by atoms with E-state index in [2.05, 4.69) is 21.4 Å². The van der Waals surface area contributed by atoms with Crippen LogP contribution in [0.4, 0.5) is 21.7 Å². The van der Waals surface area contributed by atoms with Crippen molar-refractivity contribution < 1.29 is 9.18 Å². The highest BCUT2D eigenvalue weighted by atomic mass is 35.5. The van der Waals surface area contributed by atoms with Crippen LogP contribution in [-0.2, 0) is 11.2 Å². The molecule has 1 saturated heterocycles. The van der Waals surface area contributed by atoms with Gasteiger partial charge in [0.05, 0.1) is 22.4 Å². The summed E-state index contributed by atoms with van der Waals surface area (Å²) in [6.07, 6.45) is 4.12. The molecule has 2 aromatic heterocycles. The Balaban J connectivity index is 1.74. The third-order valence-corrected chi connectivity index (χ3v) is 8.72. The van der Waals surface area contributed by atoms with Crippen molar-refractivity contribution in [3.8, 4) is 5.69 Å². The van der Waals surface area contributed by atoms with Crippen LogP contribution in [-0.4, -0.2) is 58.1 Å². The van der Waals surface area contributed by atoms with E-state index in [1.807, 2.05) is 45.7 Å². The molecule has 2 aliphatic rings. The van der Waals surface area contributed by atoms with Crippen molar-refractivity contribution in [3.05, 3.63) is 80.8 Å². The van der Waals surface area contributed by atoms with Crippen LogP contribution >= 0.6 is 11.6 Å². The highest BCUT2D eigenvalue weighted by molar-refractivity contribution is 6.30. The second kappa shape index (κ2) is 11.4. The summed E-state index contributed by atoms with van der Waals surface area (Å²) in [5, 5.41) is -0.00262. The van der Waals surface area contributed by atoms with Crippen LogP contribution < -0.4 is 21.2 Å². The van der Waals surface area contributed by atoms with E-state index in [-0.39, 0.29) is 22.9 Å². The Morgan fingerprint density at radius 2 is 2.00 bits per heavy atom. The molecule has 0 radical (unpaired) electrons. The molecule has 0 bridgehead atoms. The molecule has 2 N–H and O–H groups in total. The number of nitrogens with zero attached hydrogens (tertiary/aromatic N) is 6.